The van der Waals surface area contributed by atoms with Crippen molar-refractivity contribution in [2.45, 2.75) is 25.8 Å². The van der Waals surface area contributed by atoms with Crippen molar-refractivity contribution in [1.82, 2.24) is 4.90 Å². The molecule has 2 N–H and O–H groups in total. The van der Waals surface area contributed by atoms with Crippen LogP contribution < -0.4 is 15.2 Å². The summed E-state index contributed by atoms with van der Waals surface area (Å²) in [5.41, 5.74) is 8.21. The summed E-state index contributed by atoms with van der Waals surface area (Å²) in [4.78, 5) is 2.45. The summed E-state index contributed by atoms with van der Waals surface area (Å²) in [5, 5.41) is 0. The van der Waals surface area contributed by atoms with Crippen LogP contribution in [0.3, 0.4) is 0 Å². The molecule has 0 aliphatic carbocycles. The van der Waals surface area contributed by atoms with Crippen molar-refractivity contribution in [1.29, 1.82) is 0 Å². The van der Waals surface area contributed by atoms with Gasteiger partial charge in [-0.25, -0.2) is 0 Å². The predicted octanol–water partition coefficient (Wildman–Crippen LogP) is 2.11. The topological polar surface area (TPSA) is 47.7 Å². The molecular weight excluding hydrogens is 240 g/mol. The highest BCUT2D eigenvalue weighted by Gasteiger charge is 2.26. The van der Waals surface area contributed by atoms with Gasteiger partial charge in [-0.15, -0.1) is 0 Å². The molecule has 1 unspecified atom stereocenters. The highest BCUT2D eigenvalue weighted by molar-refractivity contribution is 5.50. The normalized spacial score (nSPS) is 17.5. The van der Waals surface area contributed by atoms with Gasteiger partial charge in [-0.1, -0.05) is 0 Å². The van der Waals surface area contributed by atoms with Crippen LogP contribution in [0.5, 0.6) is 11.5 Å². The second-order valence-corrected chi connectivity index (χ2v) is 5.01. The van der Waals surface area contributed by atoms with Crippen molar-refractivity contribution >= 4 is 0 Å². The van der Waals surface area contributed by atoms with Crippen molar-refractivity contribution in [2.24, 2.45) is 5.73 Å². The van der Waals surface area contributed by atoms with Crippen LogP contribution in [0, 0.1) is 6.92 Å². The summed E-state index contributed by atoms with van der Waals surface area (Å²) >= 11 is 0. The molecule has 0 bridgehead atoms. The van der Waals surface area contributed by atoms with Crippen LogP contribution in [-0.2, 0) is 0 Å². The Kier molecular flexibility index (Phi) is 4.66. The zero-order chi connectivity index (χ0) is 13.8. The van der Waals surface area contributed by atoms with Gasteiger partial charge in [0.15, 0.2) is 0 Å². The van der Waals surface area contributed by atoms with E-state index in [-0.39, 0.29) is 6.04 Å². The Hall–Kier alpha value is -1.26. The maximum absolute atomic E-state index is 6.00. The van der Waals surface area contributed by atoms with Gasteiger partial charge in [0.1, 0.15) is 11.5 Å². The Morgan fingerprint density at radius 1 is 1.21 bits per heavy atom. The fraction of sp³-hybridized carbons (Fsp3) is 0.600. The van der Waals surface area contributed by atoms with Crippen molar-refractivity contribution in [3.8, 4) is 11.5 Å². The van der Waals surface area contributed by atoms with E-state index >= 15 is 0 Å². The monoisotopic (exact) mass is 264 g/mol. The van der Waals surface area contributed by atoms with E-state index < -0.39 is 0 Å². The molecule has 0 aromatic heterocycles. The van der Waals surface area contributed by atoms with E-state index in [1.54, 1.807) is 14.2 Å². The molecule has 0 amide bonds. The second kappa shape index (κ2) is 6.26. The minimum atomic E-state index is 0.238. The lowest BCUT2D eigenvalue weighted by molar-refractivity contribution is 0.244. The van der Waals surface area contributed by atoms with E-state index in [4.69, 9.17) is 15.2 Å². The Balaban J connectivity index is 2.39. The highest BCUT2D eigenvalue weighted by Crippen LogP contribution is 2.37. The standard InChI is InChI=1S/C15H24N2O2/c1-11-14(18-2)7-6-12(15(11)19-3)13(10-16)17-8-4-5-9-17/h6-7,13H,4-5,8-10,16H2,1-3H3. The number of benzene rings is 1. The molecule has 2 rings (SSSR count). The largest absolute Gasteiger partial charge is 0.496 e. The molecule has 1 aliphatic rings. The number of rotatable bonds is 5. The summed E-state index contributed by atoms with van der Waals surface area (Å²) in [6.07, 6.45) is 2.52. The third-order valence-electron chi connectivity index (χ3n) is 3.97. The van der Waals surface area contributed by atoms with Crippen LogP contribution in [0.15, 0.2) is 12.1 Å². The molecule has 1 atom stereocenters. The van der Waals surface area contributed by atoms with Gasteiger partial charge < -0.3 is 15.2 Å². The molecule has 1 aliphatic heterocycles. The van der Waals surface area contributed by atoms with Crippen molar-refractivity contribution in [2.75, 3.05) is 33.9 Å². The zero-order valence-corrected chi connectivity index (χ0v) is 12.1. The average Bonchev–Trinajstić information content (AvgIpc) is 2.94. The van der Waals surface area contributed by atoms with E-state index in [1.807, 2.05) is 13.0 Å². The van der Waals surface area contributed by atoms with Gasteiger partial charge in [0, 0.05) is 17.7 Å². The van der Waals surface area contributed by atoms with E-state index in [2.05, 4.69) is 11.0 Å². The van der Waals surface area contributed by atoms with Crippen LogP contribution in [0.4, 0.5) is 0 Å². The lowest BCUT2D eigenvalue weighted by atomic mass is 10.0. The molecule has 0 radical (unpaired) electrons. The number of likely N-dealkylation sites (tertiary alicyclic amines) is 1. The van der Waals surface area contributed by atoms with Crippen LogP contribution in [0.2, 0.25) is 0 Å². The number of hydrogen-bond donors (Lipinski definition) is 1. The van der Waals surface area contributed by atoms with Gasteiger partial charge in [-0.2, -0.15) is 0 Å². The first-order valence-electron chi connectivity index (χ1n) is 6.88. The lowest BCUT2D eigenvalue weighted by Crippen LogP contribution is -2.31. The summed E-state index contributed by atoms with van der Waals surface area (Å²) in [7, 11) is 3.39. The minimum absolute atomic E-state index is 0.238. The molecular formula is C15H24N2O2. The van der Waals surface area contributed by atoms with Crippen LogP contribution in [-0.4, -0.2) is 38.8 Å². The van der Waals surface area contributed by atoms with Gasteiger partial charge in [0.05, 0.1) is 20.3 Å². The van der Waals surface area contributed by atoms with Crippen molar-refractivity contribution in [3.63, 3.8) is 0 Å². The summed E-state index contributed by atoms with van der Waals surface area (Å²) < 4.78 is 11.0. The third kappa shape index (κ3) is 2.69. The predicted molar refractivity (Wildman–Crippen MR) is 76.9 cm³/mol. The first-order valence-corrected chi connectivity index (χ1v) is 6.88. The van der Waals surface area contributed by atoms with E-state index in [1.165, 1.54) is 18.4 Å². The summed E-state index contributed by atoms with van der Waals surface area (Å²) in [6.45, 7) is 4.88. The lowest BCUT2D eigenvalue weighted by Gasteiger charge is -2.28. The Labute approximate surface area is 115 Å². The molecule has 4 heteroatoms. The molecule has 1 fully saturated rings. The summed E-state index contributed by atoms with van der Waals surface area (Å²) in [6, 6.07) is 4.33. The van der Waals surface area contributed by atoms with Crippen molar-refractivity contribution < 1.29 is 9.47 Å². The second-order valence-electron chi connectivity index (χ2n) is 5.01. The molecule has 1 aromatic rings. The Morgan fingerprint density at radius 3 is 2.42 bits per heavy atom. The Morgan fingerprint density at radius 2 is 1.89 bits per heavy atom. The average molecular weight is 264 g/mol. The molecule has 1 aromatic carbocycles. The molecule has 19 heavy (non-hydrogen) atoms. The smallest absolute Gasteiger partial charge is 0.130 e. The zero-order valence-electron chi connectivity index (χ0n) is 12.1. The van der Waals surface area contributed by atoms with Gasteiger partial charge >= 0.3 is 0 Å². The third-order valence-corrected chi connectivity index (χ3v) is 3.97. The van der Waals surface area contributed by atoms with E-state index in [0.29, 0.717) is 6.54 Å². The first-order chi connectivity index (χ1) is 9.22. The van der Waals surface area contributed by atoms with Crippen LogP contribution in [0.25, 0.3) is 0 Å². The molecule has 0 saturated carbocycles. The number of nitrogens with zero attached hydrogens (tertiary/aromatic N) is 1. The first kappa shape index (κ1) is 14.2. The molecule has 0 spiro atoms. The maximum Gasteiger partial charge on any atom is 0.130 e. The van der Waals surface area contributed by atoms with Crippen molar-refractivity contribution in [3.05, 3.63) is 23.3 Å². The maximum atomic E-state index is 6.00. The quantitative estimate of drug-likeness (QED) is 0.885. The van der Waals surface area contributed by atoms with E-state index in [0.717, 1.165) is 30.2 Å². The van der Waals surface area contributed by atoms with Crippen LogP contribution >= 0.6 is 0 Å². The SMILES string of the molecule is COc1ccc(C(CN)N2CCCC2)c(OC)c1C. The van der Waals surface area contributed by atoms with Gasteiger partial charge in [-0.3, -0.25) is 4.90 Å². The number of methoxy groups -OCH3 is 2. The molecule has 4 nitrogen and oxygen atoms in total. The van der Waals surface area contributed by atoms with E-state index in [9.17, 15) is 0 Å². The fourth-order valence-corrected chi connectivity index (χ4v) is 2.98. The molecule has 1 heterocycles. The number of ether oxygens (including phenoxy) is 2. The number of hydrogen-bond acceptors (Lipinski definition) is 4. The fourth-order valence-electron chi connectivity index (χ4n) is 2.98. The highest BCUT2D eigenvalue weighted by atomic mass is 16.5. The van der Waals surface area contributed by atoms with Gasteiger partial charge in [0.25, 0.3) is 0 Å². The van der Waals surface area contributed by atoms with Gasteiger partial charge in [-0.05, 0) is 45.0 Å². The molecule has 106 valence electrons. The number of nitrogens with two attached hydrogens (primary N) is 1. The molecule has 1 saturated heterocycles. The van der Waals surface area contributed by atoms with Crippen LogP contribution in [0.1, 0.15) is 30.0 Å². The van der Waals surface area contributed by atoms with Gasteiger partial charge in [0.2, 0.25) is 0 Å². The minimum Gasteiger partial charge on any atom is -0.496 e. The summed E-state index contributed by atoms with van der Waals surface area (Å²) in [5.74, 6) is 1.76. The Bertz CT molecular complexity index is 428.